The maximum absolute atomic E-state index is 3.77. The van der Waals surface area contributed by atoms with Gasteiger partial charge in [0.15, 0.2) is 0 Å². The van der Waals surface area contributed by atoms with Crippen molar-refractivity contribution in [2.75, 3.05) is 0 Å². The van der Waals surface area contributed by atoms with Crippen LogP contribution >= 0.6 is 0 Å². The second-order valence-electron chi connectivity index (χ2n) is 4.02. The molecule has 1 aliphatic rings. The maximum atomic E-state index is 3.77. The Labute approximate surface area is 62.4 Å². The first-order valence-electron chi connectivity index (χ1n) is 3.86. The molecule has 0 atom stereocenters. The molecule has 1 nitrogen and oxygen atoms in total. The van der Waals surface area contributed by atoms with Crippen LogP contribution in [0.5, 0.6) is 0 Å². The van der Waals surface area contributed by atoms with E-state index < -0.39 is 18.7 Å². The van der Waals surface area contributed by atoms with Crippen molar-refractivity contribution in [3.63, 3.8) is 0 Å². The van der Waals surface area contributed by atoms with Gasteiger partial charge in [-0.1, -0.05) is 0 Å². The zero-order chi connectivity index (χ0) is 6.91. The van der Waals surface area contributed by atoms with Crippen molar-refractivity contribution < 1.29 is 0 Å². The van der Waals surface area contributed by atoms with Crippen LogP contribution in [-0.4, -0.2) is 24.7 Å². The Bertz CT molecular complexity index is 91.6. The van der Waals surface area contributed by atoms with Gasteiger partial charge in [0.05, 0.1) is 0 Å². The van der Waals surface area contributed by atoms with E-state index in [9.17, 15) is 0 Å². The van der Waals surface area contributed by atoms with Crippen LogP contribution in [0.2, 0.25) is 14.8 Å². The molecule has 0 heterocycles. The topological polar surface area (TPSA) is 12.0 Å². The van der Waals surface area contributed by atoms with Gasteiger partial charge in [0.1, 0.15) is 0 Å². The van der Waals surface area contributed by atoms with E-state index in [1.54, 1.807) is 0 Å². The standard InChI is InChI=1S/C4H8N.3CH3.Sn/c5-4-2-1-3-4;;;;/h4-5H,1-3H2;3*1H3;/q-1;;;;+1. The first-order chi connectivity index (χ1) is 4.08. The summed E-state index contributed by atoms with van der Waals surface area (Å²) in [6, 6.07) is 0.917. The molecule has 1 fully saturated rings. The summed E-state index contributed by atoms with van der Waals surface area (Å²) in [7, 11) is 0. The van der Waals surface area contributed by atoms with Gasteiger partial charge in [-0.3, -0.25) is 0 Å². The summed E-state index contributed by atoms with van der Waals surface area (Å²) in [6.07, 6.45) is 4.34. The van der Waals surface area contributed by atoms with E-state index >= 15 is 0 Å². The third-order valence-electron chi connectivity index (χ3n) is 1.74. The molecule has 0 spiro atoms. The van der Waals surface area contributed by atoms with Gasteiger partial charge < -0.3 is 0 Å². The first-order valence-corrected chi connectivity index (χ1v) is 13.8. The summed E-state index contributed by atoms with van der Waals surface area (Å²) >= 11 is -1.59. The normalized spacial score (nSPS) is 21.7. The SMILES string of the molecule is [CH3][Sn]([CH3])([CH3])[NH]C1CCC1. The fourth-order valence-corrected chi connectivity index (χ4v) is 5.48. The van der Waals surface area contributed by atoms with Crippen molar-refractivity contribution in [2.45, 2.75) is 40.1 Å². The van der Waals surface area contributed by atoms with Crippen LogP contribution in [0.1, 0.15) is 19.3 Å². The Morgan fingerprint density at radius 3 is 1.89 bits per heavy atom. The van der Waals surface area contributed by atoms with Gasteiger partial charge in [-0.15, -0.1) is 0 Å². The third kappa shape index (κ3) is 2.89. The van der Waals surface area contributed by atoms with Gasteiger partial charge in [-0.25, -0.2) is 0 Å². The predicted octanol–water partition coefficient (Wildman–Crippen LogP) is 1.96. The molecule has 1 rings (SSSR count). The fourth-order valence-electron chi connectivity index (χ4n) is 1.16. The molecule has 0 aromatic carbocycles. The van der Waals surface area contributed by atoms with E-state index in [1.165, 1.54) is 19.3 Å². The van der Waals surface area contributed by atoms with E-state index in [0.29, 0.717) is 0 Å². The molecule has 0 bridgehead atoms. The first kappa shape index (κ1) is 7.86. The van der Waals surface area contributed by atoms with Crippen molar-refractivity contribution >= 4 is 18.7 Å². The monoisotopic (exact) mass is 235 g/mol. The van der Waals surface area contributed by atoms with Crippen LogP contribution in [0.15, 0.2) is 0 Å². The Morgan fingerprint density at radius 2 is 1.78 bits per heavy atom. The zero-order valence-electron chi connectivity index (χ0n) is 6.70. The van der Waals surface area contributed by atoms with Gasteiger partial charge in [-0.05, 0) is 0 Å². The van der Waals surface area contributed by atoms with Crippen molar-refractivity contribution in [1.82, 2.24) is 3.54 Å². The summed E-state index contributed by atoms with van der Waals surface area (Å²) in [6.45, 7) is 0. The average Bonchev–Trinajstić information content (AvgIpc) is 1.53. The van der Waals surface area contributed by atoms with Crippen molar-refractivity contribution in [3.05, 3.63) is 0 Å². The van der Waals surface area contributed by atoms with Crippen LogP contribution in [0, 0.1) is 0 Å². The molecule has 0 unspecified atom stereocenters. The molecule has 0 aromatic heterocycles. The molecule has 54 valence electrons. The van der Waals surface area contributed by atoms with Crippen LogP contribution < -0.4 is 3.54 Å². The van der Waals surface area contributed by atoms with Gasteiger partial charge in [0, 0.05) is 0 Å². The zero-order valence-corrected chi connectivity index (χ0v) is 9.55. The van der Waals surface area contributed by atoms with Crippen molar-refractivity contribution in [2.24, 2.45) is 0 Å². The molecular weight excluding hydrogens is 217 g/mol. The molecule has 1 aliphatic carbocycles. The molecule has 0 aromatic rings. The Kier molecular flexibility index (Phi) is 2.43. The van der Waals surface area contributed by atoms with Crippen LogP contribution in [0.25, 0.3) is 0 Å². The van der Waals surface area contributed by atoms with E-state index in [-0.39, 0.29) is 0 Å². The fraction of sp³-hybridized carbons (Fsp3) is 1.00. The molecule has 1 N–H and O–H groups in total. The number of hydrogen-bond donors (Lipinski definition) is 1. The van der Waals surface area contributed by atoms with Crippen LogP contribution in [0.3, 0.4) is 0 Å². The number of rotatable bonds is 2. The van der Waals surface area contributed by atoms with Crippen molar-refractivity contribution in [3.8, 4) is 0 Å². The summed E-state index contributed by atoms with van der Waals surface area (Å²) in [5.41, 5.74) is 0. The van der Waals surface area contributed by atoms with Gasteiger partial charge in [-0.2, -0.15) is 0 Å². The Morgan fingerprint density at radius 1 is 1.22 bits per heavy atom. The summed E-state index contributed by atoms with van der Waals surface area (Å²) in [5, 5.41) is 0. The van der Waals surface area contributed by atoms with Crippen LogP contribution in [-0.2, 0) is 0 Å². The van der Waals surface area contributed by atoms with Crippen LogP contribution in [0.4, 0.5) is 0 Å². The van der Waals surface area contributed by atoms with Gasteiger partial charge in [0.25, 0.3) is 0 Å². The van der Waals surface area contributed by atoms with E-state index in [1.807, 2.05) is 0 Å². The molecular formula is C7H17NSn. The third-order valence-corrected chi connectivity index (χ3v) is 5.38. The second-order valence-corrected chi connectivity index (χ2v) is 17.7. The summed E-state index contributed by atoms with van der Waals surface area (Å²) in [4.78, 5) is 7.31. The molecule has 0 radical (unpaired) electrons. The minimum atomic E-state index is -1.59. The Hall–Kier alpha value is 0.759. The van der Waals surface area contributed by atoms with E-state index in [4.69, 9.17) is 0 Å². The van der Waals surface area contributed by atoms with E-state index in [0.717, 1.165) is 6.04 Å². The van der Waals surface area contributed by atoms with Gasteiger partial charge >= 0.3 is 62.3 Å². The minimum absolute atomic E-state index is 0.917. The summed E-state index contributed by atoms with van der Waals surface area (Å²) < 4.78 is 3.77. The average molecular weight is 234 g/mol. The molecule has 9 heavy (non-hydrogen) atoms. The molecule has 0 amide bonds. The quantitative estimate of drug-likeness (QED) is 0.720. The summed E-state index contributed by atoms with van der Waals surface area (Å²) in [5.74, 6) is 0. The number of nitrogens with one attached hydrogen (secondary N) is 1. The molecule has 0 aliphatic heterocycles. The molecule has 2 heteroatoms. The second kappa shape index (κ2) is 2.79. The Balaban J connectivity index is 2.16. The van der Waals surface area contributed by atoms with Gasteiger partial charge in [0.2, 0.25) is 0 Å². The number of hydrogen-bond acceptors (Lipinski definition) is 1. The predicted molar refractivity (Wildman–Crippen MR) is 44.1 cm³/mol. The molecule has 1 saturated carbocycles. The van der Waals surface area contributed by atoms with Crippen molar-refractivity contribution in [1.29, 1.82) is 0 Å². The molecule has 0 saturated heterocycles. The van der Waals surface area contributed by atoms with E-state index in [2.05, 4.69) is 18.4 Å².